The molecule has 0 spiro atoms. The number of hydrogen-bond donors (Lipinski definition) is 1. The number of ether oxygens (including phenoxy) is 1. The summed E-state index contributed by atoms with van der Waals surface area (Å²) in [5, 5.41) is 0.794. The van der Waals surface area contributed by atoms with Gasteiger partial charge in [-0.05, 0) is 42.4 Å². The van der Waals surface area contributed by atoms with Crippen LogP contribution in [0.15, 0.2) is 21.5 Å². The van der Waals surface area contributed by atoms with E-state index in [4.69, 9.17) is 10.5 Å². The van der Waals surface area contributed by atoms with Crippen LogP contribution < -0.4 is 10.5 Å². The highest BCUT2D eigenvalue weighted by atomic mass is 32.2. The van der Waals surface area contributed by atoms with Gasteiger partial charge in [0.15, 0.2) is 4.34 Å². The zero-order chi connectivity index (χ0) is 11.5. The number of aryl methyl sites for hydroxylation is 1. The smallest absolute Gasteiger partial charge is 0.237 e. The van der Waals surface area contributed by atoms with Crippen LogP contribution in [-0.2, 0) is 0 Å². The molecule has 7 heteroatoms. The number of nitrogens with zero attached hydrogens (tertiary/aromatic N) is 3. The number of aromatic nitrogens is 3. The highest BCUT2D eigenvalue weighted by Crippen LogP contribution is 2.30. The van der Waals surface area contributed by atoms with Crippen LogP contribution in [-0.4, -0.2) is 21.5 Å². The largest absolute Gasteiger partial charge is 0.480 e. The molecule has 2 heterocycles. The molecule has 0 aliphatic carbocycles. The van der Waals surface area contributed by atoms with Crippen LogP contribution in [0.3, 0.4) is 0 Å². The van der Waals surface area contributed by atoms with Crippen LogP contribution in [0.1, 0.15) is 5.82 Å². The molecule has 2 aromatic heterocycles. The lowest BCUT2D eigenvalue weighted by molar-refractivity contribution is 0.397. The van der Waals surface area contributed by atoms with E-state index in [-0.39, 0.29) is 0 Å². The van der Waals surface area contributed by atoms with Gasteiger partial charge >= 0.3 is 0 Å². The van der Waals surface area contributed by atoms with Gasteiger partial charge in [-0.2, -0.15) is 4.37 Å². The van der Waals surface area contributed by atoms with Crippen molar-refractivity contribution < 1.29 is 4.74 Å². The Morgan fingerprint density at radius 2 is 2.19 bits per heavy atom. The first-order chi connectivity index (χ1) is 7.69. The Kier molecular flexibility index (Phi) is 3.25. The van der Waals surface area contributed by atoms with Crippen LogP contribution in [0, 0.1) is 6.92 Å². The average molecular weight is 254 g/mol. The number of methoxy groups -OCH3 is 1. The first-order valence-corrected chi connectivity index (χ1v) is 6.06. The van der Waals surface area contributed by atoms with Gasteiger partial charge < -0.3 is 10.5 Å². The second-order valence-corrected chi connectivity index (χ2v) is 4.98. The predicted molar refractivity (Wildman–Crippen MR) is 64.0 cm³/mol. The van der Waals surface area contributed by atoms with E-state index in [1.54, 1.807) is 13.2 Å². The number of anilines is 1. The lowest BCUT2D eigenvalue weighted by Crippen LogP contribution is -1.95. The number of rotatable bonds is 3. The zero-order valence-corrected chi connectivity index (χ0v) is 10.4. The normalized spacial score (nSPS) is 10.4. The fourth-order valence-corrected chi connectivity index (χ4v) is 2.63. The van der Waals surface area contributed by atoms with Crippen molar-refractivity contribution in [3.63, 3.8) is 0 Å². The van der Waals surface area contributed by atoms with Gasteiger partial charge in [0.1, 0.15) is 10.9 Å². The van der Waals surface area contributed by atoms with Gasteiger partial charge in [0, 0.05) is 0 Å². The van der Waals surface area contributed by atoms with Crippen molar-refractivity contribution in [1.29, 1.82) is 0 Å². The van der Waals surface area contributed by atoms with Gasteiger partial charge in [0.05, 0.1) is 12.8 Å². The quantitative estimate of drug-likeness (QED) is 0.902. The van der Waals surface area contributed by atoms with Gasteiger partial charge in [-0.15, -0.1) is 0 Å². The molecule has 0 aliphatic rings. The Bertz CT molecular complexity index is 500. The molecule has 16 heavy (non-hydrogen) atoms. The number of nitrogen functional groups attached to an aromatic ring is 1. The second-order valence-electron chi connectivity index (χ2n) is 2.96. The zero-order valence-electron chi connectivity index (χ0n) is 8.80. The fourth-order valence-electron chi connectivity index (χ4n) is 1.06. The summed E-state index contributed by atoms with van der Waals surface area (Å²) in [7, 11) is 1.54. The lowest BCUT2D eigenvalue weighted by Gasteiger charge is -2.04. The van der Waals surface area contributed by atoms with E-state index < -0.39 is 0 Å². The SMILES string of the molecule is COc1nc(Sc2nc(C)ns2)ccc1N. The first-order valence-electron chi connectivity index (χ1n) is 4.47. The van der Waals surface area contributed by atoms with Crippen LogP contribution in [0.25, 0.3) is 0 Å². The maximum Gasteiger partial charge on any atom is 0.237 e. The minimum absolute atomic E-state index is 0.436. The molecule has 0 fully saturated rings. The summed E-state index contributed by atoms with van der Waals surface area (Å²) in [6.07, 6.45) is 0. The molecule has 2 aromatic rings. The molecule has 0 aliphatic heterocycles. The molecule has 84 valence electrons. The maximum absolute atomic E-state index is 5.68. The highest BCUT2D eigenvalue weighted by Gasteiger charge is 2.07. The van der Waals surface area contributed by atoms with E-state index in [9.17, 15) is 0 Å². The van der Waals surface area contributed by atoms with Crippen molar-refractivity contribution in [2.24, 2.45) is 0 Å². The summed E-state index contributed by atoms with van der Waals surface area (Å²) >= 11 is 2.80. The van der Waals surface area contributed by atoms with E-state index in [0.717, 1.165) is 15.2 Å². The summed E-state index contributed by atoms with van der Waals surface area (Å²) in [6.45, 7) is 1.86. The van der Waals surface area contributed by atoms with Crippen LogP contribution in [0.5, 0.6) is 5.88 Å². The molecule has 0 saturated carbocycles. The molecule has 0 atom stereocenters. The Hall–Kier alpha value is -1.34. The summed E-state index contributed by atoms with van der Waals surface area (Å²) in [5.74, 6) is 1.21. The molecule has 2 rings (SSSR count). The molecule has 5 nitrogen and oxygen atoms in total. The van der Waals surface area contributed by atoms with Crippen molar-refractivity contribution >= 4 is 29.0 Å². The van der Waals surface area contributed by atoms with Crippen molar-refractivity contribution in [1.82, 2.24) is 14.3 Å². The molecule has 0 aromatic carbocycles. The number of hydrogen-bond acceptors (Lipinski definition) is 7. The summed E-state index contributed by atoms with van der Waals surface area (Å²) in [5.41, 5.74) is 6.20. The fraction of sp³-hybridized carbons (Fsp3) is 0.222. The first kappa shape index (κ1) is 11.2. The van der Waals surface area contributed by atoms with Gasteiger partial charge in [-0.25, -0.2) is 9.97 Å². The van der Waals surface area contributed by atoms with Gasteiger partial charge in [0.25, 0.3) is 0 Å². The maximum atomic E-state index is 5.68. The molecular formula is C9H10N4OS2. The molecule has 0 amide bonds. The molecule has 0 saturated heterocycles. The van der Waals surface area contributed by atoms with Crippen LogP contribution >= 0.6 is 23.3 Å². The number of pyridine rings is 1. The highest BCUT2D eigenvalue weighted by molar-refractivity contribution is 8.00. The second kappa shape index (κ2) is 4.67. The Morgan fingerprint density at radius 1 is 1.38 bits per heavy atom. The summed E-state index contributed by atoms with van der Waals surface area (Å²) in [4.78, 5) is 8.49. The van der Waals surface area contributed by atoms with E-state index in [1.165, 1.54) is 23.3 Å². The molecule has 0 bridgehead atoms. The van der Waals surface area contributed by atoms with Crippen LogP contribution in [0.4, 0.5) is 5.69 Å². The third-order valence-electron chi connectivity index (χ3n) is 1.76. The summed E-state index contributed by atoms with van der Waals surface area (Å²) in [6, 6.07) is 3.60. The van der Waals surface area contributed by atoms with Crippen molar-refractivity contribution in [2.45, 2.75) is 16.3 Å². The van der Waals surface area contributed by atoms with Gasteiger partial charge in [-0.3, -0.25) is 0 Å². The Labute approximate surface area is 101 Å². The molecule has 2 N–H and O–H groups in total. The lowest BCUT2D eigenvalue weighted by atomic mass is 10.4. The molecule has 0 radical (unpaired) electrons. The molecular weight excluding hydrogens is 244 g/mol. The third-order valence-corrected chi connectivity index (χ3v) is 3.54. The Morgan fingerprint density at radius 3 is 2.81 bits per heavy atom. The van der Waals surface area contributed by atoms with Crippen molar-refractivity contribution in [3.8, 4) is 5.88 Å². The van der Waals surface area contributed by atoms with E-state index >= 15 is 0 Å². The number of nitrogens with two attached hydrogens (primary N) is 1. The van der Waals surface area contributed by atoms with Gasteiger partial charge in [0.2, 0.25) is 5.88 Å². The van der Waals surface area contributed by atoms with E-state index in [2.05, 4.69) is 14.3 Å². The third kappa shape index (κ3) is 2.42. The van der Waals surface area contributed by atoms with Crippen LogP contribution in [0.2, 0.25) is 0 Å². The van der Waals surface area contributed by atoms with E-state index in [0.29, 0.717) is 11.6 Å². The average Bonchev–Trinajstić information content (AvgIpc) is 2.67. The molecule has 0 unspecified atom stereocenters. The monoisotopic (exact) mass is 254 g/mol. The van der Waals surface area contributed by atoms with Crippen molar-refractivity contribution in [2.75, 3.05) is 12.8 Å². The van der Waals surface area contributed by atoms with E-state index in [1.807, 2.05) is 13.0 Å². The summed E-state index contributed by atoms with van der Waals surface area (Å²) < 4.78 is 10.0. The topological polar surface area (TPSA) is 73.9 Å². The van der Waals surface area contributed by atoms with Crippen molar-refractivity contribution in [3.05, 3.63) is 18.0 Å². The Balaban J connectivity index is 2.21. The standard InChI is InChI=1S/C9H10N4OS2/c1-5-11-9(16-13-5)15-7-4-3-6(10)8(12-7)14-2/h3-4H,10H2,1-2H3. The van der Waals surface area contributed by atoms with Gasteiger partial charge in [-0.1, -0.05) is 0 Å². The minimum Gasteiger partial charge on any atom is -0.480 e. The predicted octanol–water partition coefficient (Wildman–Crippen LogP) is 1.98. The minimum atomic E-state index is 0.436.